The molecule has 34 heavy (non-hydrogen) atoms. The summed E-state index contributed by atoms with van der Waals surface area (Å²) >= 11 is 0. The molecule has 4 rings (SSSR count). The molecule has 2 aromatic rings. The molecule has 13 heteroatoms. The Labute approximate surface area is 198 Å². The second-order valence-corrected chi connectivity index (χ2v) is 10.2. The molecule has 1 fully saturated rings. The van der Waals surface area contributed by atoms with Gasteiger partial charge in [-0.2, -0.15) is 0 Å². The Balaban J connectivity index is 0.00000324. The zero-order valence-electron chi connectivity index (χ0n) is 17.4. The summed E-state index contributed by atoms with van der Waals surface area (Å²) in [6.07, 6.45) is -1.19. The molecule has 1 aliphatic carbocycles. The van der Waals surface area contributed by atoms with E-state index >= 15 is 0 Å². The molecule has 7 nitrogen and oxygen atoms in total. The van der Waals surface area contributed by atoms with Crippen LogP contribution < -0.4 is 16.0 Å². The van der Waals surface area contributed by atoms with Gasteiger partial charge in [0, 0.05) is 18.9 Å². The molecule has 0 radical (unpaired) electrons. The van der Waals surface area contributed by atoms with Crippen LogP contribution in [0.25, 0.3) is 0 Å². The number of nitrogens with zero attached hydrogens (tertiary/aromatic N) is 1. The van der Waals surface area contributed by atoms with Crippen molar-refractivity contribution in [3.05, 3.63) is 59.2 Å². The van der Waals surface area contributed by atoms with Gasteiger partial charge in [-0.15, -0.1) is 12.4 Å². The van der Waals surface area contributed by atoms with E-state index in [4.69, 9.17) is 5.73 Å². The SMILES string of the molecule is Cl.N[C@H]1CS(=O)(=O)c2cc(F)c(C(=O)NC3CC(F)(F)C3)cc2N(Cc2ccc(F)cc2)C1=O. The van der Waals surface area contributed by atoms with Crippen LogP contribution in [-0.4, -0.2) is 44.0 Å². The third-order valence-corrected chi connectivity index (χ3v) is 7.38. The topological polar surface area (TPSA) is 110 Å². The molecule has 1 aliphatic heterocycles. The van der Waals surface area contributed by atoms with Gasteiger partial charge < -0.3 is 16.0 Å². The Morgan fingerprint density at radius 3 is 2.35 bits per heavy atom. The van der Waals surface area contributed by atoms with E-state index in [1.54, 1.807) is 0 Å². The molecule has 0 unspecified atom stereocenters. The highest BCUT2D eigenvalue weighted by atomic mass is 35.5. The molecular weight excluding hydrogens is 502 g/mol. The maximum Gasteiger partial charge on any atom is 0.254 e. The molecule has 1 atom stereocenters. The Morgan fingerprint density at radius 2 is 1.76 bits per heavy atom. The summed E-state index contributed by atoms with van der Waals surface area (Å²) in [5.74, 6) is -7.21. The van der Waals surface area contributed by atoms with Gasteiger partial charge in [0.2, 0.25) is 5.91 Å². The first-order valence-corrected chi connectivity index (χ1v) is 11.6. The number of carbonyl (C=O) groups excluding carboxylic acids is 2. The third kappa shape index (κ3) is 5.03. The Kier molecular flexibility index (Phi) is 6.98. The van der Waals surface area contributed by atoms with Gasteiger partial charge in [0.25, 0.3) is 11.8 Å². The third-order valence-electron chi connectivity index (χ3n) is 5.58. The van der Waals surface area contributed by atoms with Crippen LogP contribution in [0, 0.1) is 11.6 Å². The van der Waals surface area contributed by atoms with Gasteiger partial charge in [-0.1, -0.05) is 12.1 Å². The molecule has 184 valence electrons. The number of fused-ring (bicyclic) bond motifs is 1. The van der Waals surface area contributed by atoms with Crippen molar-refractivity contribution in [1.29, 1.82) is 0 Å². The number of nitrogens with two attached hydrogens (primary N) is 1. The molecule has 0 aromatic heterocycles. The number of halogens is 5. The number of anilines is 1. The van der Waals surface area contributed by atoms with Crippen molar-refractivity contribution < 1.29 is 35.6 Å². The first-order chi connectivity index (χ1) is 15.4. The van der Waals surface area contributed by atoms with E-state index < -0.39 is 80.3 Å². The molecule has 0 saturated heterocycles. The van der Waals surface area contributed by atoms with Gasteiger partial charge in [-0.05, 0) is 29.8 Å². The fourth-order valence-corrected chi connectivity index (χ4v) is 5.42. The van der Waals surface area contributed by atoms with Gasteiger partial charge in [-0.25, -0.2) is 26.0 Å². The van der Waals surface area contributed by atoms with Crippen molar-refractivity contribution in [2.75, 3.05) is 10.7 Å². The molecule has 0 spiro atoms. The minimum atomic E-state index is -4.21. The average molecular weight is 522 g/mol. The summed E-state index contributed by atoms with van der Waals surface area (Å²) in [5, 5.41) is 2.28. The van der Waals surface area contributed by atoms with E-state index in [0.29, 0.717) is 11.6 Å². The van der Waals surface area contributed by atoms with E-state index in [1.807, 2.05) is 0 Å². The zero-order chi connectivity index (χ0) is 24.1. The minimum absolute atomic E-state index is 0. The lowest BCUT2D eigenvalue weighted by Crippen LogP contribution is -2.50. The fourth-order valence-electron chi connectivity index (χ4n) is 3.86. The Morgan fingerprint density at radius 1 is 1.15 bits per heavy atom. The first kappa shape index (κ1) is 25.9. The maximum absolute atomic E-state index is 14.8. The Hall–Kier alpha value is -2.70. The predicted octanol–water partition coefficient (Wildman–Crippen LogP) is 2.56. The van der Waals surface area contributed by atoms with Crippen LogP contribution in [0.3, 0.4) is 0 Å². The summed E-state index contributed by atoms with van der Waals surface area (Å²) in [4.78, 5) is 25.9. The maximum atomic E-state index is 14.8. The molecule has 2 aromatic carbocycles. The number of carbonyl (C=O) groups is 2. The highest BCUT2D eigenvalue weighted by Gasteiger charge is 2.46. The predicted molar refractivity (Wildman–Crippen MR) is 117 cm³/mol. The van der Waals surface area contributed by atoms with Crippen LogP contribution in [-0.2, 0) is 21.2 Å². The molecule has 3 N–H and O–H groups in total. The van der Waals surface area contributed by atoms with Crippen molar-refractivity contribution >= 4 is 39.7 Å². The summed E-state index contributed by atoms with van der Waals surface area (Å²) in [6, 6.07) is 4.24. The second kappa shape index (κ2) is 9.16. The lowest BCUT2D eigenvalue weighted by atomic mass is 9.88. The largest absolute Gasteiger partial charge is 0.349 e. The normalized spacial score (nSPS) is 21.0. The molecule has 2 amide bonds. The molecule has 0 bridgehead atoms. The van der Waals surface area contributed by atoms with Gasteiger partial charge in [0.05, 0.1) is 34.5 Å². The number of hydrogen-bond acceptors (Lipinski definition) is 5. The monoisotopic (exact) mass is 521 g/mol. The second-order valence-electron chi connectivity index (χ2n) is 8.17. The number of alkyl halides is 2. The van der Waals surface area contributed by atoms with Gasteiger partial charge in [0.15, 0.2) is 9.84 Å². The van der Waals surface area contributed by atoms with Crippen molar-refractivity contribution in [1.82, 2.24) is 5.32 Å². The number of sulfone groups is 1. The summed E-state index contributed by atoms with van der Waals surface area (Å²) in [7, 11) is -4.21. The number of nitrogens with one attached hydrogen (secondary N) is 1. The van der Waals surface area contributed by atoms with Crippen LogP contribution in [0.4, 0.5) is 23.2 Å². The van der Waals surface area contributed by atoms with Crippen LogP contribution in [0.1, 0.15) is 28.8 Å². The number of amides is 2. The standard InChI is InChI=1S/C21H19F4N3O4S.ClH/c22-12-3-1-11(2-4-12)9-28-17-5-14(19(29)27-13-7-21(24,25)8-13)15(23)6-18(17)33(31,32)10-16(26)20(28)30;/h1-6,13,16H,7-10,26H2,(H,27,29);1H/t16-;/m0./s1. The average Bonchev–Trinajstić information content (AvgIpc) is 2.76. The summed E-state index contributed by atoms with van der Waals surface area (Å²) in [6.45, 7) is -0.225. The molecular formula is C21H20ClF4N3O4S. The van der Waals surface area contributed by atoms with E-state index in [9.17, 15) is 35.6 Å². The number of rotatable bonds is 4. The van der Waals surface area contributed by atoms with Gasteiger partial charge in [-0.3, -0.25) is 9.59 Å². The quantitative estimate of drug-likeness (QED) is 0.601. The minimum Gasteiger partial charge on any atom is -0.349 e. The zero-order valence-corrected chi connectivity index (χ0v) is 19.1. The molecule has 2 aliphatic rings. The van der Waals surface area contributed by atoms with E-state index in [2.05, 4.69) is 5.32 Å². The van der Waals surface area contributed by atoms with Crippen molar-refractivity contribution in [3.8, 4) is 0 Å². The molecule has 1 saturated carbocycles. The van der Waals surface area contributed by atoms with Crippen LogP contribution >= 0.6 is 12.4 Å². The number of benzene rings is 2. The van der Waals surface area contributed by atoms with Crippen LogP contribution in [0.15, 0.2) is 41.3 Å². The van der Waals surface area contributed by atoms with Crippen molar-refractivity contribution in [2.24, 2.45) is 5.73 Å². The van der Waals surface area contributed by atoms with E-state index in [1.165, 1.54) is 12.1 Å². The van der Waals surface area contributed by atoms with E-state index in [0.717, 1.165) is 23.1 Å². The van der Waals surface area contributed by atoms with Crippen molar-refractivity contribution in [2.45, 2.75) is 42.3 Å². The van der Waals surface area contributed by atoms with Crippen LogP contribution in [0.2, 0.25) is 0 Å². The summed E-state index contributed by atoms with van der Waals surface area (Å²) < 4.78 is 79.7. The van der Waals surface area contributed by atoms with Gasteiger partial charge in [0.1, 0.15) is 11.6 Å². The summed E-state index contributed by atoms with van der Waals surface area (Å²) in [5.41, 5.74) is 5.32. The van der Waals surface area contributed by atoms with Crippen molar-refractivity contribution in [3.63, 3.8) is 0 Å². The highest BCUT2D eigenvalue weighted by Crippen LogP contribution is 2.38. The first-order valence-electron chi connectivity index (χ1n) is 9.93. The fraction of sp³-hybridized carbons (Fsp3) is 0.333. The smallest absolute Gasteiger partial charge is 0.254 e. The van der Waals surface area contributed by atoms with Gasteiger partial charge >= 0.3 is 0 Å². The van der Waals surface area contributed by atoms with E-state index in [-0.39, 0.29) is 24.6 Å². The number of hydrogen-bond donors (Lipinski definition) is 2. The highest BCUT2D eigenvalue weighted by molar-refractivity contribution is 7.91. The van der Waals surface area contributed by atoms with Crippen LogP contribution in [0.5, 0.6) is 0 Å². The lowest BCUT2D eigenvalue weighted by molar-refractivity contribution is -0.119. The molecule has 1 heterocycles. The Bertz CT molecular complexity index is 1230. The lowest BCUT2D eigenvalue weighted by Gasteiger charge is -2.35.